The van der Waals surface area contributed by atoms with Gasteiger partial charge in [-0.25, -0.2) is 21.6 Å². The van der Waals surface area contributed by atoms with Crippen molar-refractivity contribution in [3.63, 3.8) is 0 Å². The van der Waals surface area contributed by atoms with Gasteiger partial charge in [0.2, 0.25) is 10.0 Å². The quantitative estimate of drug-likeness (QED) is 0.626. The first-order valence-corrected chi connectivity index (χ1v) is 10.8. The lowest BCUT2D eigenvalue weighted by Gasteiger charge is -2.26. The van der Waals surface area contributed by atoms with Gasteiger partial charge in [0.25, 0.3) is 5.56 Å². The maximum absolute atomic E-state index is 13.0. The van der Waals surface area contributed by atoms with Crippen LogP contribution in [0.15, 0.2) is 20.7 Å². The Bertz CT molecular complexity index is 958. The average Bonchev–Trinajstić information content (AvgIpc) is 2.85. The number of hydrogen-bond acceptors (Lipinski definition) is 6. The van der Waals surface area contributed by atoms with Crippen LogP contribution in [-0.4, -0.2) is 54.4 Å². The van der Waals surface area contributed by atoms with Crippen molar-refractivity contribution in [1.82, 2.24) is 13.4 Å². The molecular weight excluding hydrogens is 358 g/mol. The SMILES string of the molecule is CCCN([C@H]1CCS(=O)(=O)C1)S(=O)(=O)c1cn(C)c(=O)n(C)c1=O. The molecule has 0 N–H and O–H groups in total. The minimum absolute atomic E-state index is 0.0707. The predicted molar refractivity (Wildman–Crippen MR) is 88.2 cm³/mol. The number of sulfonamides is 1. The Morgan fingerprint density at radius 2 is 1.92 bits per heavy atom. The van der Waals surface area contributed by atoms with Gasteiger partial charge in [0.05, 0.1) is 11.5 Å². The largest absolute Gasteiger partial charge is 0.330 e. The monoisotopic (exact) mass is 379 g/mol. The van der Waals surface area contributed by atoms with Crippen molar-refractivity contribution in [2.45, 2.75) is 30.7 Å². The van der Waals surface area contributed by atoms with E-state index in [0.717, 1.165) is 19.6 Å². The van der Waals surface area contributed by atoms with Crippen LogP contribution in [0, 0.1) is 0 Å². The van der Waals surface area contributed by atoms with Gasteiger partial charge in [0, 0.05) is 32.9 Å². The minimum atomic E-state index is -4.21. The first-order chi connectivity index (χ1) is 11.0. The normalized spacial score (nSPS) is 20.6. The van der Waals surface area contributed by atoms with E-state index in [2.05, 4.69) is 0 Å². The molecule has 11 heteroatoms. The van der Waals surface area contributed by atoms with E-state index in [1.807, 2.05) is 0 Å². The van der Waals surface area contributed by atoms with Gasteiger partial charge in [-0.15, -0.1) is 0 Å². The zero-order valence-corrected chi connectivity index (χ0v) is 15.4. The zero-order chi connectivity index (χ0) is 18.3. The minimum Gasteiger partial charge on any atom is -0.302 e. The van der Waals surface area contributed by atoms with Crippen molar-refractivity contribution < 1.29 is 16.8 Å². The molecule has 1 aliphatic heterocycles. The van der Waals surface area contributed by atoms with Crippen LogP contribution >= 0.6 is 0 Å². The van der Waals surface area contributed by atoms with E-state index in [4.69, 9.17) is 0 Å². The Hall–Kier alpha value is -1.46. The molecule has 0 radical (unpaired) electrons. The first kappa shape index (κ1) is 18.9. The molecule has 2 heterocycles. The molecule has 2 rings (SSSR count). The van der Waals surface area contributed by atoms with Crippen LogP contribution < -0.4 is 11.2 Å². The van der Waals surface area contributed by atoms with Crippen LogP contribution in [0.1, 0.15) is 19.8 Å². The second kappa shape index (κ2) is 6.45. The Morgan fingerprint density at radius 1 is 1.29 bits per heavy atom. The molecule has 1 aromatic heterocycles. The highest BCUT2D eigenvalue weighted by atomic mass is 32.2. The highest BCUT2D eigenvalue weighted by Crippen LogP contribution is 2.23. The maximum atomic E-state index is 13.0. The molecule has 0 amide bonds. The molecule has 0 bridgehead atoms. The number of aryl methyl sites for hydroxylation is 1. The summed E-state index contributed by atoms with van der Waals surface area (Å²) in [6.45, 7) is 1.87. The Balaban J connectivity index is 2.59. The summed E-state index contributed by atoms with van der Waals surface area (Å²) in [6, 6.07) is -0.693. The van der Waals surface area contributed by atoms with Gasteiger partial charge in [-0.3, -0.25) is 9.36 Å². The first-order valence-electron chi connectivity index (χ1n) is 7.50. The third-order valence-electron chi connectivity index (χ3n) is 4.06. The molecule has 0 saturated carbocycles. The summed E-state index contributed by atoms with van der Waals surface area (Å²) in [6.07, 6.45) is 1.67. The summed E-state index contributed by atoms with van der Waals surface area (Å²) in [5.74, 6) is -0.322. The summed E-state index contributed by atoms with van der Waals surface area (Å²) >= 11 is 0. The van der Waals surface area contributed by atoms with Crippen LogP contribution in [0.2, 0.25) is 0 Å². The maximum Gasteiger partial charge on any atom is 0.330 e. The number of sulfone groups is 1. The van der Waals surface area contributed by atoms with Gasteiger partial charge in [0.15, 0.2) is 14.7 Å². The third-order valence-corrected chi connectivity index (χ3v) is 7.75. The van der Waals surface area contributed by atoms with Gasteiger partial charge in [-0.1, -0.05) is 6.92 Å². The second-order valence-corrected chi connectivity index (χ2v) is 10.0. The van der Waals surface area contributed by atoms with Gasteiger partial charge in [0.1, 0.15) is 0 Å². The lowest BCUT2D eigenvalue weighted by molar-refractivity contribution is 0.339. The second-order valence-electron chi connectivity index (χ2n) is 5.92. The number of nitrogens with zero attached hydrogens (tertiary/aromatic N) is 3. The Labute approximate surface area is 140 Å². The molecule has 1 aliphatic rings. The molecule has 0 aliphatic carbocycles. The lowest BCUT2D eigenvalue weighted by atomic mass is 10.2. The molecule has 1 fully saturated rings. The average molecular weight is 379 g/mol. The van der Waals surface area contributed by atoms with E-state index in [1.54, 1.807) is 6.92 Å². The molecule has 1 aromatic rings. The fourth-order valence-electron chi connectivity index (χ4n) is 2.80. The van der Waals surface area contributed by atoms with Crippen molar-refractivity contribution in [3.8, 4) is 0 Å². The van der Waals surface area contributed by atoms with Gasteiger partial charge in [-0.2, -0.15) is 4.31 Å². The Kier molecular flexibility index (Phi) is 5.07. The molecule has 1 atom stereocenters. The number of rotatable bonds is 5. The van der Waals surface area contributed by atoms with E-state index in [0.29, 0.717) is 6.42 Å². The summed E-state index contributed by atoms with van der Waals surface area (Å²) in [5.41, 5.74) is -1.55. The van der Waals surface area contributed by atoms with Gasteiger partial charge >= 0.3 is 5.69 Å². The van der Waals surface area contributed by atoms with Crippen molar-refractivity contribution in [2.24, 2.45) is 14.1 Å². The van der Waals surface area contributed by atoms with Crippen LogP contribution in [0.5, 0.6) is 0 Å². The fourth-order valence-corrected chi connectivity index (χ4v) is 6.52. The lowest BCUT2D eigenvalue weighted by Crippen LogP contribution is -2.46. The Morgan fingerprint density at radius 3 is 2.42 bits per heavy atom. The van der Waals surface area contributed by atoms with Crippen LogP contribution in [0.25, 0.3) is 0 Å². The molecule has 136 valence electrons. The molecule has 24 heavy (non-hydrogen) atoms. The van der Waals surface area contributed by atoms with E-state index in [9.17, 15) is 26.4 Å². The highest BCUT2D eigenvalue weighted by Gasteiger charge is 2.39. The van der Waals surface area contributed by atoms with Gasteiger partial charge < -0.3 is 4.57 Å². The van der Waals surface area contributed by atoms with Gasteiger partial charge in [-0.05, 0) is 12.8 Å². The van der Waals surface area contributed by atoms with Crippen LogP contribution in [0.3, 0.4) is 0 Å². The third kappa shape index (κ3) is 3.33. The summed E-state index contributed by atoms with van der Waals surface area (Å²) < 4.78 is 52.1. The predicted octanol–water partition coefficient (Wildman–Crippen LogP) is -1.33. The van der Waals surface area contributed by atoms with Crippen molar-refractivity contribution in [3.05, 3.63) is 27.0 Å². The van der Waals surface area contributed by atoms with Crippen LogP contribution in [0.4, 0.5) is 0 Å². The van der Waals surface area contributed by atoms with Crippen LogP contribution in [-0.2, 0) is 34.0 Å². The smallest absolute Gasteiger partial charge is 0.302 e. The molecule has 0 spiro atoms. The molecular formula is C13H21N3O6S2. The topological polar surface area (TPSA) is 116 Å². The highest BCUT2D eigenvalue weighted by molar-refractivity contribution is 7.92. The number of aromatic nitrogens is 2. The van der Waals surface area contributed by atoms with Crippen molar-refractivity contribution in [2.75, 3.05) is 18.1 Å². The summed E-state index contributed by atoms with van der Waals surface area (Å²) in [5, 5.41) is 0. The van der Waals surface area contributed by atoms with E-state index >= 15 is 0 Å². The van der Waals surface area contributed by atoms with E-state index in [-0.39, 0.29) is 24.5 Å². The molecule has 0 aromatic carbocycles. The fraction of sp³-hybridized carbons (Fsp3) is 0.692. The van der Waals surface area contributed by atoms with E-state index < -0.39 is 42.0 Å². The standard InChI is InChI=1S/C13H21N3O6S2/c1-4-6-16(10-5-7-23(19,20)9-10)24(21,22)11-8-14(2)13(18)15(3)12(11)17/h8,10H,4-7,9H2,1-3H3/t10-/m0/s1. The van der Waals surface area contributed by atoms with Crippen molar-refractivity contribution >= 4 is 19.9 Å². The number of hydrogen-bond donors (Lipinski definition) is 0. The molecule has 9 nitrogen and oxygen atoms in total. The molecule has 0 unspecified atom stereocenters. The van der Waals surface area contributed by atoms with E-state index in [1.165, 1.54) is 14.1 Å². The molecule has 1 saturated heterocycles. The van der Waals surface area contributed by atoms with Crippen molar-refractivity contribution in [1.29, 1.82) is 0 Å². The summed E-state index contributed by atoms with van der Waals surface area (Å²) in [4.78, 5) is 23.5. The zero-order valence-electron chi connectivity index (χ0n) is 13.8. The summed E-state index contributed by atoms with van der Waals surface area (Å²) in [7, 11) is -4.94.